The van der Waals surface area contributed by atoms with Crippen LogP contribution in [0.2, 0.25) is 0 Å². The van der Waals surface area contributed by atoms with Crippen LogP contribution in [0.3, 0.4) is 0 Å². The molecule has 0 fully saturated rings. The molecule has 1 N–H and O–H groups in total. The molecule has 162 valence electrons. The predicted molar refractivity (Wildman–Crippen MR) is 129 cm³/mol. The molecule has 0 bridgehead atoms. The Morgan fingerprint density at radius 3 is 2.66 bits per heavy atom. The first-order valence-corrected chi connectivity index (χ1v) is 11.8. The first-order valence-electron chi connectivity index (χ1n) is 9.97. The zero-order valence-electron chi connectivity index (χ0n) is 17.3. The van der Waals surface area contributed by atoms with E-state index in [-0.39, 0.29) is 11.7 Å². The van der Waals surface area contributed by atoms with Crippen LogP contribution >= 0.6 is 23.1 Å². The van der Waals surface area contributed by atoms with Crippen molar-refractivity contribution >= 4 is 35.2 Å². The average molecular weight is 464 g/mol. The van der Waals surface area contributed by atoms with Crippen LogP contribution in [0.1, 0.15) is 11.8 Å². The monoisotopic (exact) mass is 463 g/mol. The zero-order chi connectivity index (χ0) is 22.2. The highest BCUT2D eigenvalue weighted by atomic mass is 32.2. The quantitative estimate of drug-likeness (QED) is 0.222. The maximum Gasteiger partial charge on any atom is 0.250 e. The molecule has 2 aromatic heterocycles. The molecule has 0 saturated carbocycles. The summed E-state index contributed by atoms with van der Waals surface area (Å²) >= 11 is 2.86. The molecule has 1 amide bonds. The van der Waals surface area contributed by atoms with E-state index in [0.717, 1.165) is 21.9 Å². The van der Waals surface area contributed by atoms with Gasteiger partial charge in [0.2, 0.25) is 0 Å². The van der Waals surface area contributed by atoms with Gasteiger partial charge in [0, 0.05) is 16.1 Å². The van der Waals surface area contributed by atoms with Crippen LogP contribution in [0.4, 0.5) is 0 Å². The highest BCUT2D eigenvalue weighted by Gasteiger charge is 2.17. The minimum absolute atomic E-state index is 0.158. The number of carbonyl (C=O) groups is 1. The molecule has 9 heteroatoms. The number of benzene rings is 2. The summed E-state index contributed by atoms with van der Waals surface area (Å²) in [7, 11) is 0. The number of aromatic nitrogens is 3. The minimum Gasteiger partial charge on any atom is -0.494 e. The van der Waals surface area contributed by atoms with Crippen LogP contribution in [-0.4, -0.2) is 39.2 Å². The van der Waals surface area contributed by atoms with Crippen molar-refractivity contribution < 1.29 is 9.53 Å². The Balaban J connectivity index is 1.53. The van der Waals surface area contributed by atoms with E-state index in [9.17, 15) is 4.79 Å². The van der Waals surface area contributed by atoms with Crippen LogP contribution in [0, 0.1) is 0 Å². The van der Waals surface area contributed by atoms with Crippen molar-refractivity contribution in [1.29, 1.82) is 0 Å². The Morgan fingerprint density at radius 1 is 1.12 bits per heavy atom. The van der Waals surface area contributed by atoms with Crippen LogP contribution in [0.15, 0.2) is 82.4 Å². The van der Waals surface area contributed by atoms with Crippen molar-refractivity contribution in [3.8, 4) is 22.8 Å². The summed E-state index contributed by atoms with van der Waals surface area (Å²) in [6.45, 7) is 2.55. The summed E-state index contributed by atoms with van der Waals surface area (Å²) in [6.07, 6.45) is 1.63. The normalized spacial score (nSPS) is 11.0. The first kappa shape index (κ1) is 21.8. The van der Waals surface area contributed by atoms with Gasteiger partial charge < -0.3 is 4.74 Å². The van der Waals surface area contributed by atoms with E-state index >= 15 is 0 Å². The Morgan fingerprint density at radius 2 is 1.94 bits per heavy atom. The molecule has 4 aromatic rings. The molecule has 2 heterocycles. The summed E-state index contributed by atoms with van der Waals surface area (Å²) in [6, 6.07) is 21.4. The molecule has 0 aliphatic heterocycles. The van der Waals surface area contributed by atoms with Crippen LogP contribution in [-0.2, 0) is 4.79 Å². The van der Waals surface area contributed by atoms with Crippen LogP contribution < -0.4 is 10.2 Å². The summed E-state index contributed by atoms with van der Waals surface area (Å²) < 4.78 is 7.50. The van der Waals surface area contributed by atoms with E-state index in [1.54, 1.807) is 17.6 Å². The van der Waals surface area contributed by atoms with Gasteiger partial charge >= 0.3 is 0 Å². The van der Waals surface area contributed by atoms with Crippen LogP contribution in [0.25, 0.3) is 17.1 Å². The lowest BCUT2D eigenvalue weighted by atomic mass is 10.2. The molecule has 0 spiro atoms. The molecule has 0 unspecified atom stereocenters. The lowest BCUT2D eigenvalue weighted by Crippen LogP contribution is -2.19. The molecule has 4 rings (SSSR count). The second kappa shape index (κ2) is 10.7. The summed E-state index contributed by atoms with van der Waals surface area (Å²) in [5.41, 5.74) is 4.37. The number of nitrogens with one attached hydrogen (secondary N) is 1. The number of thioether (sulfide) groups is 1. The fourth-order valence-electron chi connectivity index (χ4n) is 2.92. The van der Waals surface area contributed by atoms with E-state index in [0.29, 0.717) is 17.6 Å². The molecule has 0 aliphatic rings. The number of hydrazone groups is 1. The average Bonchev–Trinajstić information content (AvgIpc) is 3.49. The second-order valence-corrected chi connectivity index (χ2v) is 8.45. The molecule has 2 aromatic carbocycles. The van der Waals surface area contributed by atoms with E-state index in [1.807, 2.05) is 83.6 Å². The number of carbonyl (C=O) groups excluding carboxylic acids is 1. The number of thiophene rings is 1. The smallest absolute Gasteiger partial charge is 0.250 e. The van der Waals surface area contributed by atoms with Crippen molar-refractivity contribution in [1.82, 2.24) is 20.2 Å². The van der Waals surface area contributed by atoms with Gasteiger partial charge in [-0.1, -0.05) is 48.2 Å². The van der Waals surface area contributed by atoms with Crippen molar-refractivity contribution in [3.05, 3.63) is 77.0 Å². The SMILES string of the molecule is CCOc1ccc(-n2c(SCC(=O)NN=Cc3cccs3)nnc2-c2ccccc2)cc1. The summed E-state index contributed by atoms with van der Waals surface area (Å²) in [4.78, 5) is 13.2. The lowest BCUT2D eigenvalue weighted by molar-refractivity contribution is -0.118. The molecule has 0 saturated heterocycles. The third-order valence-electron chi connectivity index (χ3n) is 4.33. The molecule has 0 atom stereocenters. The third kappa shape index (κ3) is 5.43. The van der Waals surface area contributed by atoms with Gasteiger partial charge in [-0.15, -0.1) is 21.5 Å². The maximum absolute atomic E-state index is 12.3. The zero-order valence-corrected chi connectivity index (χ0v) is 19.0. The number of hydrogen-bond donors (Lipinski definition) is 1. The number of rotatable bonds is 9. The van der Waals surface area contributed by atoms with Crippen molar-refractivity contribution in [2.24, 2.45) is 5.10 Å². The largest absolute Gasteiger partial charge is 0.494 e. The first-order chi connectivity index (χ1) is 15.7. The Labute approximate surface area is 194 Å². The molecular formula is C23H21N5O2S2. The maximum atomic E-state index is 12.3. The summed E-state index contributed by atoms with van der Waals surface area (Å²) in [5.74, 6) is 1.44. The minimum atomic E-state index is -0.217. The van der Waals surface area contributed by atoms with Gasteiger partial charge in [-0.3, -0.25) is 9.36 Å². The van der Waals surface area contributed by atoms with Gasteiger partial charge in [0.15, 0.2) is 11.0 Å². The van der Waals surface area contributed by atoms with Gasteiger partial charge in [0.1, 0.15) is 5.75 Å². The van der Waals surface area contributed by atoms with Crippen molar-refractivity contribution in [2.75, 3.05) is 12.4 Å². The van der Waals surface area contributed by atoms with E-state index in [1.165, 1.54) is 11.8 Å². The highest BCUT2D eigenvalue weighted by Crippen LogP contribution is 2.28. The second-order valence-electron chi connectivity index (χ2n) is 6.53. The molecule has 7 nitrogen and oxygen atoms in total. The van der Waals surface area contributed by atoms with Gasteiger partial charge in [-0.05, 0) is 42.6 Å². The van der Waals surface area contributed by atoms with Crippen LogP contribution in [0.5, 0.6) is 5.75 Å². The van der Waals surface area contributed by atoms with E-state index < -0.39 is 0 Å². The standard InChI is InChI=1S/C23H21N5O2S2/c1-2-30-19-12-10-18(11-13-19)28-22(17-7-4-3-5-8-17)26-27-23(28)32-16-21(29)25-24-15-20-9-6-14-31-20/h3-15H,2,16H2,1H3,(H,25,29). The Kier molecular flexibility index (Phi) is 7.31. The molecular weight excluding hydrogens is 442 g/mol. The molecule has 0 aliphatic carbocycles. The van der Waals surface area contributed by atoms with E-state index in [4.69, 9.17) is 4.74 Å². The van der Waals surface area contributed by atoms with Gasteiger partial charge in [-0.2, -0.15) is 5.10 Å². The number of amides is 1. The molecule has 0 radical (unpaired) electrons. The van der Waals surface area contributed by atoms with Gasteiger partial charge in [0.25, 0.3) is 5.91 Å². The topological polar surface area (TPSA) is 81.4 Å². The van der Waals surface area contributed by atoms with E-state index in [2.05, 4.69) is 20.7 Å². The highest BCUT2D eigenvalue weighted by molar-refractivity contribution is 7.99. The number of hydrogen-bond acceptors (Lipinski definition) is 7. The lowest BCUT2D eigenvalue weighted by Gasteiger charge is -2.11. The summed E-state index contributed by atoms with van der Waals surface area (Å²) in [5, 5.41) is 15.3. The number of nitrogens with zero attached hydrogens (tertiary/aromatic N) is 4. The Hall–Kier alpha value is -3.43. The fourth-order valence-corrected chi connectivity index (χ4v) is 4.25. The van der Waals surface area contributed by atoms with Crippen molar-refractivity contribution in [3.63, 3.8) is 0 Å². The Bertz CT molecular complexity index is 1170. The van der Waals surface area contributed by atoms with Crippen molar-refractivity contribution in [2.45, 2.75) is 12.1 Å². The molecule has 32 heavy (non-hydrogen) atoms. The number of ether oxygens (including phenoxy) is 1. The van der Waals surface area contributed by atoms with Gasteiger partial charge in [-0.25, -0.2) is 5.43 Å². The third-order valence-corrected chi connectivity index (χ3v) is 6.06. The predicted octanol–water partition coefficient (Wildman–Crippen LogP) is 4.64. The van der Waals surface area contributed by atoms with Gasteiger partial charge in [0.05, 0.1) is 18.6 Å². The fraction of sp³-hybridized carbons (Fsp3) is 0.130.